The molecule has 1 rings (SSSR count). The zero-order valence-corrected chi connectivity index (χ0v) is 11.0. The van der Waals surface area contributed by atoms with Crippen LogP contribution in [0, 0.1) is 0 Å². The van der Waals surface area contributed by atoms with Gasteiger partial charge >= 0.3 is 0 Å². The fraction of sp³-hybridized carbons (Fsp3) is 1.00. The molecule has 0 aromatic rings. The maximum atomic E-state index is 11.6. The molecule has 0 aromatic heterocycles. The summed E-state index contributed by atoms with van der Waals surface area (Å²) >= 11 is 0. The van der Waals surface area contributed by atoms with E-state index in [1.54, 1.807) is 0 Å². The molecule has 0 spiro atoms. The Bertz CT molecular complexity index is 289. The Morgan fingerprint density at radius 2 is 1.94 bits per heavy atom. The average molecular weight is 265 g/mol. The van der Waals surface area contributed by atoms with Gasteiger partial charge in [-0.25, -0.2) is 13.1 Å². The minimum Gasteiger partial charge on any atom is -0.379 e. The maximum absolute atomic E-state index is 11.6. The van der Waals surface area contributed by atoms with Gasteiger partial charge in [-0.1, -0.05) is 0 Å². The number of ether oxygens (including phenoxy) is 1. The van der Waals surface area contributed by atoms with Crippen molar-refractivity contribution in [3.05, 3.63) is 0 Å². The van der Waals surface area contributed by atoms with Gasteiger partial charge in [-0.05, 0) is 19.4 Å². The van der Waals surface area contributed by atoms with Gasteiger partial charge in [0, 0.05) is 26.2 Å². The number of rotatable bonds is 8. The van der Waals surface area contributed by atoms with Crippen LogP contribution in [-0.4, -0.2) is 65.0 Å². The highest BCUT2D eigenvalue weighted by Gasteiger charge is 2.12. The van der Waals surface area contributed by atoms with E-state index >= 15 is 0 Å². The third-order valence-corrected chi connectivity index (χ3v) is 4.19. The molecule has 1 aliphatic heterocycles. The van der Waals surface area contributed by atoms with Gasteiger partial charge in [-0.15, -0.1) is 0 Å². The van der Waals surface area contributed by atoms with Crippen molar-refractivity contribution in [2.24, 2.45) is 5.73 Å². The van der Waals surface area contributed by atoms with Gasteiger partial charge in [0.25, 0.3) is 0 Å². The van der Waals surface area contributed by atoms with Gasteiger partial charge in [0.2, 0.25) is 10.0 Å². The predicted molar refractivity (Wildman–Crippen MR) is 67.3 cm³/mol. The molecule has 0 bridgehead atoms. The highest BCUT2D eigenvalue weighted by molar-refractivity contribution is 7.89. The minimum absolute atomic E-state index is 0.174. The van der Waals surface area contributed by atoms with E-state index in [1.165, 1.54) is 0 Å². The van der Waals surface area contributed by atoms with E-state index in [0.717, 1.165) is 39.3 Å². The van der Waals surface area contributed by atoms with Gasteiger partial charge in [0.05, 0.1) is 19.0 Å². The summed E-state index contributed by atoms with van der Waals surface area (Å²) in [6.07, 6.45) is 1.38. The molecule has 3 N–H and O–H groups in total. The van der Waals surface area contributed by atoms with E-state index < -0.39 is 10.0 Å². The second kappa shape index (κ2) is 7.99. The quantitative estimate of drug-likeness (QED) is 0.549. The summed E-state index contributed by atoms with van der Waals surface area (Å²) in [5.74, 6) is 0.174. The van der Waals surface area contributed by atoms with Crippen LogP contribution in [0.15, 0.2) is 0 Å². The van der Waals surface area contributed by atoms with E-state index in [0.29, 0.717) is 19.5 Å². The van der Waals surface area contributed by atoms with Gasteiger partial charge in [0.1, 0.15) is 0 Å². The Kier molecular flexibility index (Phi) is 6.98. The van der Waals surface area contributed by atoms with E-state index in [9.17, 15) is 8.42 Å². The van der Waals surface area contributed by atoms with Crippen molar-refractivity contribution in [2.45, 2.75) is 12.8 Å². The topological polar surface area (TPSA) is 84.7 Å². The molecule has 0 radical (unpaired) electrons. The Balaban J connectivity index is 2.11. The number of nitrogens with one attached hydrogen (secondary N) is 1. The lowest BCUT2D eigenvalue weighted by Gasteiger charge is -2.26. The van der Waals surface area contributed by atoms with Gasteiger partial charge in [0.15, 0.2) is 0 Å². The van der Waals surface area contributed by atoms with E-state index in [2.05, 4.69) is 9.62 Å². The molecular formula is C10H23N3O3S. The molecule has 7 heteroatoms. The van der Waals surface area contributed by atoms with Gasteiger partial charge in [-0.2, -0.15) is 0 Å². The van der Waals surface area contributed by atoms with Crippen LogP contribution < -0.4 is 10.5 Å². The van der Waals surface area contributed by atoms with Gasteiger partial charge < -0.3 is 10.5 Å². The lowest BCUT2D eigenvalue weighted by molar-refractivity contribution is 0.0390. The molecule has 0 aromatic carbocycles. The normalized spacial score (nSPS) is 18.4. The summed E-state index contributed by atoms with van der Waals surface area (Å²) in [5.41, 5.74) is 5.32. The number of nitrogens with zero attached hydrogens (tertiary/aromatic N) is 1. The zero-order chi connectivity index (χ0) is 12.6. The summed E-state index contributed by atoms with van der Waals surface area (Å²) in [6.45, 7) is 5.02. The summed E-state index contributed by atoms with van der Waals surface area (Å²) in [4.78, 5) is 2.20. The first kappa shape index (κ1) is 14.8. The fourth-order valence-electron chi connectivity index (χ4n) is 1.69. The molecule has 102 valence electrons. The largest absolute Gasteiger partial charge is 0.379 e. The monoisotopic (exact) mass is 265 g/mol. The predicted octanol–water partition coefficient (Wildman–Crippen LogP) is -1.02. The van der Waals surface area contributed by atoms with Crippen LogP contribution in [0.25, 0.3) is 0 Å². The van der Waals surface area contributed by atoms with Gasteiger partial charge in [-0.3, -0.25) is 4.90 Å². The summed E-state index contributed by atoms with van der Waals surface area (Å²) in [6, 6.07) is 0. The molecule has 0 amide bonds. The lowest BCUT2D eigenvalue weighted by Crippen LogP contribution is -2.41. The summed E-state index contributed by atoms with van der Waals surface area (Å²) < 4.78 is 30.9. The second-order valence-electron chi connectivity index (χ2n) is 4.16. The Hall–Kier alpha value is -0.210. The third-order valence-electron chi connectivity index (χ3n) is 2.72. The molecule has 17 heavy (non-hydrogen) atoms. The number of sulfonamides is 1. The third kappa shape index (κ3) is 6.95. The van der Waals surface area contributed by atoms with Crippen LogP contribution in [0.1, 0.15) is 12.8 Å². The first-order chi connectivity index (χ1) is 8.14. The second-order valence-corrected chi connectivity index (χ2v) is 6.09. The summed E-state index contributed by atoms with van der Waals surface area (Å²) in [5, 5.41) is 0. The number of nitrogens with two attached hydrogens (primary N) is 1. The SMILES string of the molecule is NCCCCS(=O)(=O)NCCN1CCOCC1. The van der Waals surface area contributed by atoms with Crippen LogP contribution in [0.2, 0.25) is 0 Å². The molecule has 0 unspecified atom stereocenters. The van der Waals surface area contributed by atoms with E-state index in [-0.39, 0.29) is 5.75 Å². The number of hydrogen-bond acceptors (Lipinski definition) is 5. The molecule has 6 nitrogen and oxygen atoms in total. The van der Waals surface area contributed by atoms with Crippen molar-refractivity contribution >= 4 is 10.0 Å². The molecule has 0 atom stereocenters. The molecule has 1 saturated heterocycles. The van der Waals surface area contributed by atoms with E-state index in [1.807, 2.05) is 0 Å². The molecule has 0 saturated carbocycles. The standard InChI is InChI=1S/C10H23N3O3S/c11-3-1-2-10-17(14,15)12-4-5-13-6-8-16-9-7-13/h12H,1-11H2. The first-order valence-corrected chi connectivity index (χ1v) is 7.77. The van der Waals surface area contributed by atoms with Crippen molar-refractivity contribution in [1.82, 2.24) is 9.62 Å². The molecular weight excluding hydrogens is 242 g/mol. The Morgan fingerprint density at radius 3 is 2.59 bits per heavy atom. The highest BCUT2D eigenvalue weighted by atomic mass is 32.2. The number of morpholine rings is 1. The van der Waals surface area contributed by atoms with Crippen molar-refractivity contribution < 1.29 is 13.2 Å². The lowest BCUT2D eigenvalue weighted by atomic mass is 10.3. The average Bonchev–Trinajstić information content (AvgIpc) is 2.30. The first-order valence-electron chi connectivity index (χ1n) is 6.11. The van der Waals surface area contributed by atoms with Crippen LogP contribution in [0.3, 0.4) is 0 Å². The molecule has 1 fully saturated rings. The zero-order valence-electron chi connectivity index (χ0n) is 10.2. The van der Waals surface area contributed by atoms with Crippen LogP contribution in [0.4, 0.5) is 0 Å². The highest BCUT2D eigenvalue weighted by Crippen LogP contribution is 1.96. The van der Waals surface area contributed by atoms with Crippen LogP contribution in [-0.2, 0) is 14.8 Å². The smallest absolute Gasteiger partial charge is 0.211 e. The van der Waals surface area contributed by atoms with Crippen LogP contribution in [0.5, 0.6) is 0 Å². The van der Waals surface area contributed by atoms with E-state index in [4.69, 9.17) is 10.5 Å². The number of hydrogen-bond donors (Lipinski definition) is 2. The Morgan fingerprint density at radius 1 is 1.24 bits per heavy atom. The minimum atomic E-state index is -3.12. The molecule has 1 heterocycles. The van der Waals surface area contributed by atoms with Crippen molar-refractivity contribution in [2.75, 3.05) is 51.7 Å². The van der Waals surface area contributed by atoms with Crippen LogP contribution >= 0.6 is 0 Å². The molecule has 0 aliphatic carbocycles. The summed E-state index contributed by atoms with van der Waals surface area (Å²) in [7, 11) is -3.12. The van der Waals surface area contributed by atoms with Crippen molar-refractivity contribution in [1.29, 1.82) is 0 Å². The van der Waals surface area contributed by atoms with Crippen molar-refractivity contribution in [3.63, 3.8) is 0 Å². The fourth-order valence-corrected chi connectivity index (χ4v) is 2.82. The molecule has 1 aliphatic rings. The maximum Gasteiger partial charge on any atom is 0.211 e. The number of unbranched alkanes of at least 4 members (excludes halogenated alkanes) is 1. The Labute approximate surface area is 104 Å². The van der Waals surface area contributed by atoms with Crippen molar-refractivity contribution in [3.8, 4) is 0 Å².